The van der Waals surface area contributed by atoms with Crippen LogP contribution in [-0.4, -0.2) is 30.0 Å². The molecule has 0 N–H and O–H groups in total. The van der Waals surface area contributed by atoms with Crippen molar-refractivity contribution in [2.24, 2.45) is 0 Å². The van der Waals surface area contributed by atoms with Crippen LogP contribution in [0.5, 0.6) is 5.75 Å². The molecule has 0 spiro atoms. The van der Waals surface area contributed by atoms with Crippen molar-refractivity contribution in [3.8, 4) is 11.8 Å². The largest absolute Gasteiger partial charge is 0.490 e. The molecule has 0 saturated carbocycles. The van der Waals surface area contributed by atoms with Gasteiger partial charge in [0.25, 0.3) is 0 Å². The van der Waals surface area contributed by atoms with Gasteiger partial charge in [0.1, 0.15) is 0 Å². The Morgan fingerprint density at radius 1 is 1.61 bits per heavy atom. The normalized spacial score (nSPS) is 11.9. The Hall–Kier alpha value is -2.13. The number of hydrogen-bond acceptors (Lipinski definition) is 5. The zero-order valence-corrected chi connectivity index (χ0v) is 10.6. The lowest BCUT2D eigenvalue weighted by atomic mass is 10.1. The number of nitro benzene ring substituents is 1. The van der Waals surface area contributed by atoms with E-state index in [-0.39, 0.29) is 17.5 Å². The van der Waals surface area contributed by atoms with Crippen molar-refractivity contribution >= 4 is 5.69 Å². The van der Waals surface area contributed by atoms with Gasteiger partial charge in [-0.15, -0.1) is 0 Å². The number of ether oxygens (including phenoxy) is 1. The number of nitriles is 1. The number of methoxy groups -OCH3 is 1. The number of nitrogens with zero attached hydrogens (tertiary/aromatic N) is 3. The van der Waals surface area contributed by atoms with Crippen LogP contribution < -0.4 is 4.74 Å². The summed E-state index contributed by atoms with van der Waals surface area (Å²) in [6, 6.07) is 6.66. The molecule has 1 aromatic rings. The van der Waals surface area contributed by atoms with Crippen molar-refractivity contribution in [1.29, 1.82) is 5.26 Å². The predicted octanol–water partition coefficient (Wildman–Crippen LogP) is 1.95. The summed E-state index contributed by atoms with van der Waals surface area (Å²) < 4.78 is 4.93. The number of hydrogen-bond donors (Lipinski definition) is 0. The number of rotatable bonds is 5. The lowest BCUT2D eigenvalue weighted by Gasteiger charge is -2.18. The highest BCUT2D eigenvalue weighted by Crippen LogP contribution is 2.27. The molecule has 0 aromatic heterocycles. The molecular weight excluding hydrogens is 234 g/mol. The second-order valence-electron chi connectivity index (χ2n) is 3.98. The summed E-state index contributed by atoms with van der Waals surface area (Å²) in [5.74, 6) is 0.236. The Bertz CT molecular complexity index is 482. The molecule has 0 aliphatic heterocycles. The van der Waals surface area contributed by atoms with Gasteiger partial charge in [0.05, 0.1) is 24.1 Å². The van der Waals surface area contributed by atoms with Crippen LogP contribution >= 0.6 is 0 Å². The molecule has 0 saturated heterocycles. The third kappa shape index (κ3) is 3.18. The summed E-state index contributed by atoms with van der Waals surface area (Å²) in [6.45, 7) is 2.25. The predicted molar refractivity (Wildman–Crippen MR) is 66.2 cm³/mol. The third-order valence-corrected chi connectivity index (χ3v) is 2.72. The maximum absolute atomic E-state index is 10.9. The standard InChI is InChI=1S/C12H15N3O3/c1-9(7-13)14(2)8-10-4-5-12(18-3)11(6-10)15(16)17/h4-6,9H,8H2,1-3H3. The lowest BCUT2D eigenvalue weighted by Crippen LogP contribution is -2.26. The van der Waals surface area contributed by atoms with Gasteiger partial charge >= 0.3 is 5.69 Å². The third-order valence-electron chi connectivity index (χ3n) is 2.72. The topological polar surface area (TPSA) is 79.4 Å². The molecule has 18 heavy (non-hydrogen) atoms. The van der Waals surface area contributed by atoms with Gasteiger partial charge in [-0.05, 0) is 25.6 Å². The van der Waals surface area contributed by atoms with Crippen LogP contribution in [0.3, 0.4) is 0 Å². The first kappa shape index (κ1) is 13.9. The lowest BCUT2D eigenvalue weighted by molar-refractivity contribution is -0.385. The SMILES string of the molecule is COc1ccc(CN(C)C(C)C#N)cc1[N+](=O)[O-]. The smallest absolute Gasteiger partial charge is 0.311 e. The average molecular weight is 249 g/mol. The summed E-state index contributed by atoms with van der Waals surface area (Å²) >= 11 is 0. The molecule has 6 nitrogen and oxygen atoms in total. The molecule has 0 bridgehead atoms. The van der Waals surface area contributed by atoms with Crippen LogP contribution in [-0.2, 0) is 6.54 Å². The van der Waals surface area contributed by atoms with Crippen molar-refractivity contribution in [2.75, 3.05) is 14.2 Å². The molecule has 1 atom stereocenters. The summed E-state index contributed by atoms with van der Waals surface area (Å²) in [5.41, 5.74) is 0.708. The molecule has 96 valence electrons. The fraction of sp³-hybridized carbons (Fsp3) is 0.417. The van der Waals surface area contributed by atoms with Crippen molar-refractivity contribution in [1.82, 2.24) is 4.90 Å². The highest BCUT2D eigenvalue weighted by Gasteiger charge is 2.16. The fourth-order valence-corrected chi connectivity index (χ4v) is 1.50. The second kappa shape index (κ2) is 5.98. The Labute approximate surface area is 106 Å². The van der Waals surface area contributed by atoms with Gasteiger partial charge < -0.3 is 4.74 Å². The Morgan fingerprint density at radius 2 is 2.28 bits per heavy atom. The highest BCUT2D eigenvalue weighted by atomic mass is 16.6. The summed E-state index contributed by atoms with van der Waals surface area (Å²) in [5, 5.41) is 19.7. The summed E-state index contributed by atoms with van der Waals surface area (Å²) in [6.07, 6.45) is 0. The van der Waals surface area contributed by atoms with E-state index in [4.69, 9.17) is 10.00 Å². The van der Waals surface area contributed by atoms with E-state index in [2.05, 4.69) is 6.07 Å². The van der Waals surface area contributed by atoms with Gasteiger partial charge in [-0.3, -0.25) is 15.0 Å². The van der Waals surface area contributed by atoms with E-state index >= 15 is 0 Å². The maximum atomic E-state index is 10.9. The minimum absolute atomic E-state index is 0.0620. The first-order valence-corrected chi connectivity index (χ1v) is 5.40. The van der Waals surface area contributed by atoms with Gasteiger partial charge in [-0.1, -0.05) is 6.07 Å². The van der Waals surface area contributed by atoms with Crippen LogP contribution in [0.15, 0.2) is 18.2 Å². The van der Waals surface area contributed by atoms with E-state index in [0.717, 1.165) is 5.56 Å². The average Bonchev–Trinajstić information content (AvgIpc) is 2.37. The van der Waals surface area contributed by atoms with Crippen LogP contribution in [0.2, 0.25) is 0 Å². The van der Waals surface area contributed by atoms with Crippen LogP contribution in [0.1, 0.15) is 12.5 Å². The van der Waals surface area contributed by atoms with Crippen molar-refractivity contribution < 1.29 is 9.66 Å². The van der Waals surface area contributed by atoms with Gasteiger partial charge in [0.2, 0.25) is 0 Å². The summed E-state index contributed by atoms with van der Waals surface area (Å²) in [4.78, 5) is 12.2. The Balaban J connectivity index is 2.96. The van der Waals surface area contributed by atoms with E-state index in [9.17, 15) is 10.1 Å². The molecular formula is C12H15N3O3. The zero-order chi connectivity index (χ0) is 13.7. The quantitative estimate of drug-likeness (QED) is 0.588. The van der Waals surface area contributed by atoms with Gasteiger partial charge in [0, 0.05) is 12.6 Å². The number of nitro groups is 1. The van der Waals surface area contributed by atoms with Gasteiger partial charge in [0.15, 0.2) is 5.75 Å². The molecule has 0 aliphatic carbocycles. The van der Waals surface area contributed by atoms with Crippen LogP contribution in [0.4, 0.5) is 5.69 Å². The van der Waals surface area contributed by atoms with Crippen molar-refractivity contribution in [3.05, 3.63) is 33.9 Å². The molecule has 0 fully saturated rings. The minimum atomic E-state index is -0.476. The number of benzene rings is 1. The monoisotopic (exact) mass is 249 g/mol. The molecule has 0 heterocycles. The Morgan fingerprint density at radius 3 is 2.78 bits per heavy atom. The summed E-state index contributed by atoms with van der Waals surface area (Å²) in [7, 11) is 3.19. The van der Waals surface area contributed by atoms with E-state index < -0.39 is 4.92 Å². The fourth-order valence-electron chi connectivity index (χ4n) is 1.50. The molecule has 1 aromatic carbocycles. The second-order valence-corrected chi connectivity index (χ2v) is 3.98. The van der Waals surface area contributed by atoms with Crippen molar-refractivity contribution in [3.63, 3.8) is 0 Å². The molecule has 0 aliphatic rings. The molecule has 6 heteroatoms. The van der Waals surface area contributed by atoms with Gasteiger partial charge in [-0.2, -0.15) is 5.26 Å². The van der Waals surface area contributed by atoms with Crippen molar-refractivity contribution in [2.45, 2.75) is 19.5 Å². The van der Waals surface area contributed by atoms with E-state index in [1.165, 1.54) is 13.2 Å². The zero-order valence-electron chi connectivity index (χ0n) is 10.6. The first-order valence-electron chi connectivity index (χ1n) is 5.40. The Kier molecular flexibility index (Phi) is 4.63. The molecule has 1 unspecified atom stereocenters. The van der Waals surface area contributed by atoms with Gasteiger partial charge in [-0.25, -0.2) is 0 Å². The van der Waals surface area contributed by atoms with Crippen LogP contribution in [0, 0.1) is 21.4 Å². The molecule has 0 radical (unpaired) electrons. The highest BCUT2D eigenvalue weighted by molar-refractivity contribution is 5.48. The molecule has 1 rings (SSSR count). The molecule has 0 amide bonds. The maximum Gasteiger partial charge on any atom is 0.311 e. The minimum Gasteiger partial charge on any atom is -0.490 e. The van der Waals surface area contributed by atoms with E-state index in [1.807, 2.05) is 4.90 Å². The first-order chi connectivity index (χ1) is 8.49. The van der Waals surface area contributed by atoms with E-state index in [0.29, 0.717) is 6.54 Å². The van der Waals surface area contributed by atoms with E-state index in [1.54, 1.807) is 26.1 Å². The van der Waals surface area contributed by atoms with Crippen LogP contribution in [0.25, 0.3) is 0 Å².